The minimum Gasteiger partial charge on any atom is -0.496 e. The molecule has 1 heterocycles. The van der Waals surface area contributed by atoms with E-state index < -0.39 is 5.41 Å². The first kappa shape index (κ1) is 21.6. The van der Waals surface area contributed by atoms with Gasteiger partial charge in [-0.2, -0.15) is 0 Å². The molecule has 4 rings (SSSR count). The number of hydrogen-bond acceptors (Lipinski definition) is 3. The molecule has 2 N–H and O–H groups in total. The fourth-order valence-corrected chi connectivity index (χ4v) is 4.60. The number of methoxy groups -OCH3 is 1. The van der Waals surface area contributed by atoms with Gasteiger partial charge in [-0.1, -0.05) is 66.2 Å². The highest BCUT2D eigenvalue weighted by Gasteiger charge is 2.45. The van der Waals surface area contributed by atoms with E-state index in [0.29, 0.717) is 37.2 Å². The molecule has 0 saturated carbocycles. The van der Waals surface area contributed by atoms with Crippen LogP contribution < -0.4 is 10.5 Å². The summed E-state index contributed by atoms with van der Waals surface area (Å²) in [5, 5.41) is 0. The van der Waals surface area contributed by atoms with Gasteiger partial charge in [0, 0.05) is 13.1 Å². The van der Waals surface area contributed by atoms with Crippen molar-refractivity contribution in [2.24, 2.45) is 11.1 Å². The van der Waals surface area contributed by atoms with Gasteiger partial charge in [0.05, 0.1) is 18.1 Å². The van der Waals surface area contributed by atoms with Crippen molar-refractivity contribution in [2.45, 2.75) is 19.8 Å². The number of amides is 2. The summed E-state index contributed by atoms with van der Waals surface area (Å²) >= 11 is 0. The van der Waals surface area contributed by atoms with Crippen LogP contribution in [0.3, 0.4) is 0 Å². The average molecular weight is 429 g/mol. The third-order valence-corrected chi connectivity index (χ3v) is 6.38. The maximum atomic E-state index is 13.2. The van der Waals surface area contributed by atoms with Crippen molar-refractivity contribution in [2.75, 3.05) is 20.2 Å². The zero-order chi connectivity index (χ0) is 22.7. The Kier molecular flexibility index (Phi) is 5.99. The number of nitrogens with zero attached hydrogens (tertiary/aromatic N) is 1. The summed E-state index contributed by atoms with van der Waals surface area (Å²) in [5.74, 6) is 0.0169. The van der Waals surface area contributed by atoms with E-state index in [2.05, 4.69) is 31.2 Å². The van der Waals surface area contributed by atoms with E-state index >= 15 is 0 Å². The average Bonchev–Trinajstić information content (AvgIpc) is 3.24. The van der Waals surface area contributed by atoms with Crippen LogP contribution in [0.2, 0.25) is 0 Å². The maximum Gasteiger partial charge on any atom is 0.257 e. The van der Waals surface area contributed by atoms with E-state index in [4.69, 9.17) is 10.5 Å². The van der Waals surface area contributed by atoms with Crippen molar-refractivity contribution < 1.29 is 14.3 Å². The Hall–Kier alpha value is -3.60. The molecular formula is C27H28N2O3. The lowest BCUT2D eigenvalue weighted by Gasteiger charge is -2.27. The summed E-state index contributed by atoms with van der Waals surface area (Å²) in [6.45, 7) is 2.84. The number of carbonyl (C=O) groups is 2. The lowest BCUT2D eigenvalue weighted by atomic mass is 9.78. The van der Waals surface area contributed by atoms with Crippen LogP contribution >= 0.6 is 0 Å². The second-order valence-electron chi connectivity index (χ2n) is 8.52. The first-order chi connectivity index (χ1) is 15.4. The van der Waals surface area contributed by atoms with E-state index in [9.17, 15) is 9.59 Å². The molecule has 0 aliphatic carbocycles. The summed E-state index contributed by atoms with van der Waals surface area (Å²) in [7, 11) is 1.55. The molecular weight excluding hydrogens is 400 g/mol. The predicted octanol–water partition coefficient (Wildman–Crippen LogP) is 4.23. The Balaban J connectivity index is 1.63. The normalized spacial score (nSPS) is 17.9. The Labute approximate surface area is 188 Å². The highest BCUT2D eigenvalue weighted by atomic mass is 16.5. The predicted molar refractivity (Wildman–Crippen MR) is 125 cm³/mol. The van der Waals surface area contributed by atoms with Crippen molar-refractivity contribution >= 4 is 11.8 Å². The quantitative estimate of drug-likeness (QED) is 0.639. The van der Waals surface area contributed by atoms with Crippen molar-refractivity contribution in [3.05, 3.63) is 89.5 Å². The van der Waals surface area contributed by atoms with Crippen LogP contribution in [0.25, 0.3) is 11.1 Å². The summed E-state index contributed by atoms with van der Waals surface area (Å²) < 4.78 is 5.36. The van der Waals surface area contributed by atoms with Gasteiger partial charge >= 0.3 is 0 Å². The zero-order valence-corrected chi connectivity index (χ0v) is 18.5. The van der Waals surface area contributed by atoms with Gasteiger partial charge in [0.1, 0.15) is 5.75 Å². The number of benzene rings is 3. The topological polar surface area (TPSA) is 72.6 Å². The van der Waals surface area contributed by atoms with Crippen LogP contribution in [0.15, 0.2) is 72.8 Å². The molecule has 1 saturated heterocycles. The molecule has 0 unspecified atom stereocenters. The molecule has 0 bridgehead atoms. The second kappa shape index (κ2) is 8.87. The van der Waals surface area contributed by atoms with Gasteiger partial charge < -0.3 is 15.4 Å². The fourth-order valence-electron chi connectivity index (χ4n) is 4.60. The van der Waals surface area contributed by atoms with Crippen molar-refractivity contribution in [1.82, 2.24) is 4.90 Å². The molecule has 0 radical (unpaired) electrons. The SMILES string of the molecule is COc1ccccc1C(=O)N1CC[C@](Cc2ccccc2-c2cccc(C)c2)(C(N)=O)C1. The minimum atomic E-state index is -0.808. The van der Waals surface area contributed by atoms with Gasteiger partial charge in [0.15, 0.2) is 0 Å². The maximum absolute atomic E-state index is 13.2. The van der Waals surface area contributed by atoms with Crippen LogP contribution in [0.1, 0.15) is 27.9 Å². The number of primary amides is 1. The molecule has 3 aromatic rings. The van der Waals surface area contributed by atoms with E-state index in [-0.39, 0.29) is 11.8 Å². The number of ether oxygens (including phenoxy) is 1. The van der Waals surface area contributed by atoms with E-state index in [1.54, 1.807) is 24.1 Å². The monoisotopic (exact) mass is 428 g/mol. The molecule has 0 spiro atoms. The van der Waals surface area contributed by atoms with Crippen LogP contribution in [0, 0.1) is 12.3 Å². The standard InChI is InChI=1S/C27H28N2O3/c1-19-8-7-10-20(16-19)22-11-4-3-9-21(22)17-27(26(28)31)14-15-29(18-27)25(30)23-12-5-6-13-24(23)32-2/h3-13,16H,14-15,17-18H2,1-2H3,(H2,28,31)/t27-/m1/s1. The highest BCUT2D eigenvalue weighted by molar-refractivity contribution is 5.98. The number of nitrogens with two attached hydrogens (primary N) is 1. The van der Waals surface area contributed by atoms with Crippen molar-refractivity contribution in [1.29, 1.82) is 0 Å². The number of para-hydroxylation sites is 1. The summed E-state index contributed by atoms with van der Waals surface area (Å²) in [5.41, 5.74) is 10.1. The number of aryl methyl sites for hydroxylation is 1. The summed E-state index contributed by atoms with van der Waals surface area (Å²) in [6.07, 6.45) is 1.02. The Morgan fingerprint density at radius 3 is 2.53 bits per heavy atom. The number of likely N-dealkylation sites (tertiary alicyclic amines) is 1. The zero-order valence-electron chi connectivity index (χ0n) is 18.5. The van der Waals surface area contributed by atoms with Crippen LogP contribution in [-0.4, -0.2) is 36.9 Å². The molecule has 3 aromatic carbocycles. The van der Waals surface area contributed by atoms with Crippen LogP contribution in [-0.2, 0) is 11.2 Å². The molecule has 2 amide bonds. The molecule has 0 aromatic heterocycles. The molecule has 1 fully saturated rings. The third kappa shape index (κ3) is 4.11. The smallest absolute Gasteiger partial charge is 0.257 e. The van der Waals surface area contributed by atoms with E-state index in [0.717, 1.165) is 16.7 Å². The van der Waals surface area contributed by atoms with Gasteiger partial charge in [-0.25, -0.2) is 0 Å². The Bertz CT molecular complexity index is 1160. The molecule has 1 aliphatic rings. The van der Waals surface area contributed by atoms with Gasteiger partial charge in [-0.3, -0.25) is 9.59 Å². The molecule has 1 aliphatic heterocycles. The fraction of sp³-hybridized carbons (Fsp3) is 0.259. The molecule has 164 valence electrons. The molecule has 5 nitrogen and oxygen atoms in total. The Morgan fingerprint density at radius 2 is 1.78 bits per heavy atom. The Morgan fingerprint density at radius 1 is 1.03 bits per heavy atom. The number of rotatable bonds is 6. The van der Waals surface area contributed by atoms with Crippen molar-refractivity contribution in [3.8, 4) is 16.9 Å². The van der Waals surface area contributed by atoms with Gasteiger partial charge in [0.25, 0.3) is 5.91 Å². The van der Waals surface area contributed by atoms with Crippen molar-refractivity contribution in [3.63, 3.8) is 0 Å². The largest absolute Gasteiger partial charge is 0.496 e. The van der Waals surface area contributed by atoms with Gasteiger partial charge in [-0.05, 0) is 48.6 Å². The summed E-state index contributed by atoms with van der Waals surface area (Å²) in [4.78, 5) is 27.6. The van der Waals surface area contributed by atoms with Crippen LogP contribution in [0.5, 0.6) is 5.75 Å². The molecule has 32 heavy (non-hydrogen) atoms. The third-order valence-electron chi connectivity index (χ3n) is 6.38. The molecule has 1 atom stereocenters. The molecule has 5 heteroatoms. The number of hydrogen-bond donors (Lipinski definition) is 1. The second-order valence-corrected chi connectivity index (χ2v) is 8.52. The number of carbonyl (C=O) groups excluding carboxylic acids is 2. The minimum absolute atomic E-state index is 0.141. The lowest BCUT2D eigenvalue weighted by Crippen LogP contribution is -2.42. The summed E-state index contributed by atoms with van der Waals surface area (Å²) in [6, 6.07) is 23.6. The van der Waals surface area contributed by atoms with E-state index in [1.807, 2.05) is 36.4 Å². The first-order valence-electron chi connectivity index (χ1n) is 10.8. The first-order valence-corrected chi connectivity index (χ1v) is 10.8. The van der Waals surface area contributed by atoms with Gasteiger partial charge in [-0.15, -0.1) is 0 Å². The van der Waals surface area contributed by atoms with Crippen LogP contribution in [0.4, 0.5) is 0 Å². The van der Waals surface area contributed by atoms with Gasteiger partial charge in [0.2, 0.25) is 5.91 Å². The highest BCUT2D eigenvalue weighted by Crippen LogP contribution is 2.38. The lowest BCUT2D eigenvalue weighted by molar-refractivity contribution is -0.126. The van der Waals surface area contributed by atoms with E-state index in [1.165, 1.54) is 5.56 Å².